The Bertz CT molecular complexity index is 999. The minimum absolute atomic E-state index is 0.224. The molecule has 0 aliphatic carbocycles. The lowest BCUT2D eigenvalue weighted by Gasteiger charge is -2.43. The molecule has 1 saturated heterocycles. The van der Waals surface area contributed by atoms with E-state index in [1.54, 1.807) is 67.6 Å². The van der Waals surface area contributed by atoms with Gasteiger partial charge in [-0.3, -0.25) is 5.41 Å². The van der Waals surface area contributed by atoms with E-state index in [0.29, 0.717) is 11.1 Å². The number of hydrogen-bond donors (Lipinski definition) is 1. The van der Waals surface area contributed by atoms with Crippen molar-refractivity contribution in [3.63, 3.8) is 0 Å². The third-order valence-electron chi connectivity index (χ3n) is 5.58. The SMILES string of the molecule is CC1[C@H](OC(=N)C(Cl)(Cl)Cl)OC(COC(=O)c2ccccc2)[C@H](OC(=O)c2ccccc2)[C@@H]1C. The van der Waals surface area contributed by atoms with Crippen molar-refractivity contribution < 1.29 is 28.5 Å². The normalized spacial score (nSPS) is 24.7. The summed E-state index contributed by atoms with van der Waals surface area (Å²) >= 11 is 17.2. The molecule has 2 aromatic rings. The van der Waals surface area contributed by atoms with Gasteiger partial charge in [-0.1, -0.05) is 85.0 Å². The molecule has 2 unspecified atom stereocenters. The minimum atomic E-state index is -2.07. The predicted octanol–water partition coefficient (Wildman–Crippen LogP) is 5.43. The van der Waals surface area contributed by atoms with Crippen LogP contribution in [0, 0.1) is 17.2 Å². The van der Waals surface area contributed by atoms with Gasteiger partial charge < -0.3 is 18.9 Å². The summed E-state index contributed by atoms with van der Waals surface area (Å²) in [6.07, 6.45) is -2.65. The molecular weight excluding hydrogens is 505 g/mol. The minimum Gasteiger partial charge on any atom is -0.459 e. The molecule has 0 amide bonds. The molecule has 0 saturated carbocycles. The first-order valence-electron chi connectivity index (χ1n) is 10.5. The number of nitrogens with one attached hydrogen (secondary N) is 1. The maximum absolute atomic E-state index is 12.8. The molecule has 34 heavy (non-hydrogen) atoms. The number of benzene rings is 2. The summed E-state index contributed by atoms with van der Waals surface area (Å²) in [6.45, 7) is 3.42. The number of halogens is 3. The second-order valence-electron chi connectivity index (χ2n) is 7.91. The first kappa shape index (κ1) is 26.3. The maximum Gasteiger partial charge on any atom is 0.338 e. The van der Waals surface area contributed by atoms with Crippen molar-refractivity contribution in [1.82, 2.24) is 0 Å². The van der Waals surface area contributed by atoms with E-state index in [1.807, 2.05) is 6.92 Å². The van der Waals surface area contributed by atoms with Crippen LogP contribution in [-0.4, -0.2) is 46.7 Å². The Hall–Kier alpha value is -2.32. The van der Waals surface area contributed by atoms with Gasteiger partial charge in [0, 0.05) is 11.8 Å². The Morgan fingerprint density at radius 3 is 1.94 bits per heavy atom. The average Bonchev–Trinajstić information content (AvgIpc) is 2.83. The number of rotatable bonds is 6. The molecule has 0 aromatic heterocycles. The van der Waals surface area contributed by atoms with Gasteiger partial charge in [0.15, 0.2) is 0 Å². The van der Waals surface area contributed by atoms with Crippen molar-refractivity contribution >= 4 is 52.6 Å². The van der Waals surface area contributed by atoms with Gasteiger partial charge >= 0.3 is 11.9 Å². The van der Waals surface area contributed by atoms with Crippen LogP contribution in [0.2, 0.25) is 0 Å². The number of ether oxygens (including phenoxy) is 4. The summed E-state index contributed by atoms with van der Waals surface area (Å²) in [4.78, 5) is 25.2. The van der Waals surface area contributed by atoms with Crippen LogP contribution in [0.1, 0.15) is 34.6 Å². The van der Waals surface area contributed by atoms with E-state index < -0.39 is 40.1 Å². The van der Waals surface area contributed by atoms with Crippen LogP contribution in [0.25, 0.3) is 0 Å². The van der Waals surface area contributed by atoms with Crippen LogP contribution in [0.15, 0.2) is 60.7 Å². The van der Waals surface area contributed by atoms with E-state index in [0.717, 1.165) is 0 Å². The fourth-order valence-corrected chi connectivity index (χ4v) is 3.61. The zero-order valence-electron chi connectivity index (χ0n) is 18.5. The van der Waals surface area contributed by atoms with E-state index in [1.165, 1.54) is 0 Å². The van der Waals surface area contributed by atoms with Crippen LogP contribution in [0.3, 0.4) is 0 Å². The zero-order chi connectivity index (χ0) is 24.9. The Kier molecular flexibility index (Phi) is 8.82. The topological polar surface area (TPSA) is 94.9 Å². The van der Waals surface area contributed by atoms with E-state index in [9.17, 15) is 9.59 Å². The highest BCUT2D eigenvalue weighted by molar-refractivity contribution is 6.76. The van der Waals surface area contributed by atoms with Crippen LogP contribution in [0.5, 0.6) is 0 Å². The molecule has 0 bridgehead atoms. The highest BCUT2D eigenvalue weighted by Crippen LogP contribution is 2.36. The molecule has 1 fully saturated rings. The lowest BCUT2D eigenvalue weighted by Crippen LogP contribution is -2.54. The molecule has 1 heterocycles. The fraction of sp³-hybridized carbons (Fsp3) is 0.375. The molecule has 1 aliphatic heterocycles. The molecule has 7 nitrogen and oxygen atoms in total. The van der Waals surface area contributed by atoms with Crippen molar-refractivity contribution in [2.45, 2.75) is 36.1 Å². The Morgan fingerprint density at radius 1 is 0.882 bits per heavy atom. The first-order valence-corrected chi connectivity index (χ1v) is 11.7. The lowest BCUT2D eigenvalue weighted by molar-refractivity contribution is -0.244. The molecule has 3 rings (SSSR count). The average molecular weight is 529 g/mol. The molecular formula is C24H24Cl3NO6. The van der Waals surface area contributed by atoms with Crippen molar-refractivity contribution in [3.8, 4) is 0 Å². The summed E-state index contributed by atoms with van der Waals surface area (Å²) in [5.41, 5.74) is 0.738. The molecule has 5 atom stereocenters. The van der Waals surface area contributed by atoms with E-state index >= 15 is 0 Å². The summed E-state index contributed by atoms with van der Waals surface area (Å²) in [7, 11) is 0. The third kappa shape index (κ3) is 6.63. The maximum atomic E-state index is 12.8. The van der Waals surface area contributed by atoms with Gasteiger partial charge in [0.1, 0.15) is 18.8 Å². The van der Waals surface area contributed by atoms with Crippen LogP contribution < -0.4 is 0 Å². The van der Waals surface area contributed by atoms with Gasteiger partial charge in [-0.15, -0.1) is 0 Å². The van der Waals surface area contributed by atoms with Crippen molar-refractivity contribution in [2.75, 3.05) is 6.61 Å². The first-order chi connectivity index (χ1) is 16.1. The summed E-state index contributed by atoms with van der Waals surface area (Å²) < 4.78 is 20.6. The predicted molar refractivity (Wildman–Crippen MR) is 128 cm³/mol. The van der Waals surface area contributed by atoms with Crippen LogP contribution >= 0.6 is 34.8 Å². The smallest absolute Gasteiger partial charge is 0.338 e. The van der Waals surface area contributed by atoms with E-state index in [4.69, 9.17) is 59.2 Å². The van der Waals surface area contributed by atoms with Gasteiger partial charge in [-0.05, 0) is 24.3 Å². The number of carbonyl (C=O) groups is 2. The monoisotopic (exact) mass is 527 g/mol. The molecule has 1 aliphatic rings. The molecule has 2 aromatic carbocycles. The Labute approximate surface area is 212 Å². The fourth-order valence-electron chi connectivity index (χ4n) is 3.48. The molecule has 182 valence electrons. The van der Waals surface area contributed by atoms with Gasteiger partial charge in [0.2, 0.25) is 12.2 Å². The van der Waals surface area contributed by atoms with Gasteiger partial charge in [0.25, 0.3) is 3.79 Å². The highest BCUT2D eigenvalue weighted by Gasteiger charge is 2.47. The zero-order valence-corrected chi connectivity index (χ0v) is 20.7. The Morgan fingerprint density at radius 2 is 1.41 bits per heavy atom. The number of hydrogen-bond acceptors (Lipinski definition) is 7. The highest BCUT2D eigenvalue weighted by atomic mass is 35.6. The molecule has 0 spiro atoms. The molecule has 10 heteroatoms. The Balaban J connectivity index is 1.79. The molecule has 0 radical (unpaired) electrons. The van der Waals surface area contributed by atoms with Crippen LogP contribution in [-0.2, 0) is 18.9 Å². The summed E-state index contributed by atoms with van der Waals surface area (Å²) in [6, 6.07) is 17.0. The van der Waals surface area contributed by atoms with Crippen LogP contribution in [0.4, 0.5) is 0 Å². The second-order valence-corrected chi connectivity index (χ2v) is 10.2. The van der Waals surface area contributed by atoms with Crippen molar-refractivity contribution in [1.29, 1.82) is 5.41 Å². The lowest BCUT2D eigenvalue weighted by atomic mass is 9.84. The number of carbonyl (C=O) groups excluding carboxylic acids is 2. The second kappa shape index (κ2) is 11.4. The number of alkyl halides is 3. The third-order valence-corrected chi connectivity index (χ3v) is 6.10. The standard InChI is InChI=1S/C24H24Cl3NO6/c1-14-15(2)22(34-23(28)24(25,26)27)32-18(13-31-20(29)16-9-5-3-6-10-16)19(14)33-21(30)17-11-7-4-8-12-17/h3-12,14-15,18-19,22,28H,13H2,1-2H3/t14-,15?,18?,19-,22+/m1/s1. The number of esters is 2. The quantitative estimate of drug-likeness (QED) is 0.232. The van der Waals surface area contributed by atoms with E-state index in [-0.39, 0.29) is 18.4 Å². The van der Waals surface area contributed by atoms with E-state index in [2.05, 4.69) is 0 Å². The van der Waals surface area contributed by atoms with Gasteiger partial charge in [0.05, 0.1) is 11.1 Å². The molecule has 1 N–H and O–H groups in total. The van der Waals surface area contributed by atoms with Gasteiger partial charge in [-0.2, -0.15) is 0 Å². The van der Waals surface area contributed by atoms with Crippen molar-refractivity contribution in [2.24, 2.45) is 11.8 Å². The van der Waals surface area contributed by atoms with Gasteiger partial charge in [-0.25, -0.2) is 9.59 Å². The summed E-state index contributed by atoms with van der Waals surface area (Å²) in [5, 5.41) is 7.89. The summed E-state index contributed by atoms with van der Waals surface area (Å²) in [5.74, 6) is -2.38. The van der Waals surface area contributed by atoms with Crippen molar-refractivity contribution in [3.05, 3.63) is 71.8 Å². The largest absolute Gasteiger partial charge is 0.459 e.